The lowest BCUT2D eigenvalue weighted by atomic mass is 10.0. The first-order valence-corrected chi connectivity index (χ1v) is 6.93. The molecule has 2 rings (SSSR count). The Morgan fingerprint density at radius 1 is 1.28 bits per heavy atom. The summed E-state index contributed by atoms with van der Waals surface area (Å²) in [6, 6.07) is 0.681. The van der Waals surface area contributed by atoms with Gasteiger partial charge in [0.15, 0.2) is 0 Å². The van der Waals surface area contributed by atoms with Crippen molar-refractivity contribution in [3.05, 3.63) is 0 Å². The zero-order valence-corrected chi connectivity index (χ0v) is 11.5. The molecule has 0 unspecified atom stereocenters. The van der Waals surface area contributed by atoms with Crippen LogP contribution in [0.15, 0.2) is 0 Å². The first-order valence-electron chi connectivity index (χ1n) is 6.93. The smallest absolute Gasteiger partial charge is 0.407 e. The van der Waals surface area contributed by atoms with E-state index in [0.717, 1.165) is 13.0 Å². The van der Waals surface area contributed by atoms with Crippen molar-refractivity contribution in [1.29, 1.82) is 0 Å². The zero-order valence-electron chi connectivity index (χ0n) is 11.5. The molecule has 0 aromatic carbocycles. The van der Waals surface area contributed by atoms with Gasteiger partial charge >= 0.3 is 6.09 Å². The van der Waals surface area contributed by atoms with E-state index in [9.17, 15) is 4.79 Å². The van der Waals surface area contributed by atoms with Gasteiger partial charge in [-0.25, -0.2) is 4.79 Å². The van der Waals surface area contributed by atoms with Crippen molar-refractivity contribution in [1.82, 2.24) is 14.7 Å². The van der Waals surface area contributed by atoms with Crippen LogP contribution < -0.4 is 0 Å². The molecule has 2 fully saturated rings. The number of amides is 1. The molecule has 0 saturated carbocycles. The van der Waals surface area contributed by atoms with Crippen LogP contribution in [-0.4, -0.2) is 78.8 Å². The van der Waals surface area contributed by atoms with E-state index in [1.807, 2.05) is 0 Å². The standard InChI is InChI=1S/C13H25N3O2/c1-14-6-4-12(5-7-14)15(2)9-11-3-8-16(10-11)13(17)18/h11-12H,3-10H2,1-2H3,(H,17,18)/t11-/m1/s1. The summed E-state index contributed by atoms with van der Waals surface area (Å²) in [7, 11) is 4.37. The highest BCUT2D eigenvalue weighted by molar-refractivity contribution is 5.65. The Bertz CT molecular complexity index is 290. The largest absolute Gasteiger partial charge is 0.465 e. The van der Waals surface area contributed by atoms with E-state index in [2.05, 4.69) is 23.9 Å². The molecule has 0 aliphatic carbocycles. The van der Waals surface area contributed by atoms with Crippen LogP contribution in [0.5, 0.6) is 0 Å². The van der Waals surface area contributed by atoms with E-state index < -0.39 is 6.09 Å². The molecule has 0 spiro atoms. The summed E-state index contributed by atoms with van der Waals surface area (Å²) in [6.45, 7) is 4.83. The summed E-state index contributed by atoms with van der Waals surface area (Å²) >= 11 is 0. The van der Waals surface area contributed by atoms with Gasteiger partial charge in [-0.15, -0.1) is 0 Å². The van der Waals surface area contributed by atoms with Crippen LogP contribution >= 0.6 is 0 Å². The van der Waals surface area contributed by atoms with Gasteiger partial charge in [-0.1, -0.05) is 0 Å². The van der Waals surface area contributed by atoms with Crippen molar-refractivity contribution in [2.24, 2.45) is 5.92 Å². The molecule has 2 heterocycles. The van der Waals surface area contributed by atoms with E-state index in [0.29, 0.717) is 25.0 Å². The number of carbonyl (C=O) groups is 1. The maximum atomic E-state index is 10.9. The first kappa shape index (κ1) is 13.6. The van der Waals surface area contributed by atoms with Crippen molar-refractivity contribution in [2.45, 2.75) is 25.3 Å². The average molecular weight is 255 g/mol. The lowest BCUT2D eigenvalue weighted by Crippen LogP contribution is -2.43. The molecule has 18 heavy (non-hydrogen) atoms. The van der Waals surface area contributed by atoms with Crippen LogP contribution in [0.2, 0.25) is 0 Å². The molecule has 104 valence electrons. The van der Waals surface area contributed by atoms with Crippen molar-refractivity contribution < 1.29 is 9.90 Å². The van der Waals surface area contributed by atoms with E-state index in [1.165, 1.54) is 25.9 Å². The maximum absolute atomic E-state index is 10.9. The highest BCUT2D eigenvalue weighted by atomic mass is 16.4. The Labute approximate surface area is 109 Å². The Morgan fingerprint density at radius 2 is 1.94 bits per heavy atom. The molecule has 1 amide bonds. The van der Waals surface area contributed by atoms with Crippen molar-refractivity contribution >= 4 is 6.09 Å². The third-order valence-electron chi connectivity index (χ3n) is 4.41. The second-order valence-electron chi connectivity index (χ2n) is 5.86. The fourth-order valence-electron chi connectivity index (χ4n) is 3.15. The summed E-state index contributed by atoms with van der Waals surface area (Å²) in [6.07, 6.45) is 2.73. The molecule has 2 aliphatic rings. The number of hydrogen-bond donors (Lipinski definition) is 1. The number of nitrogens with zero attached hydrogens (tertiary/aromatic N) is 3. The van der Waals surface area contributed by atoms with Crippen LogP contribution in [0.25, 0.3) is 0 Å². The van der Waals surface area contributed by atoms with Gasteiger partial charge in [-0.3, -0.25) is 0 Å². The molecule has 0 aromatic heterocycles. The predicted molar refractivity (Wildman–Crippen MR) is 70.9 cm³/mol. The Kier molecular flexibility index (Phi) is 4.45. The fourth-order valence-corrected chi connectivity index (χ4v) is 3.15. The van der Waals surface area contributed by atoms with E-state index in [4.69, 9.17) is 5.11 Å². The molecule has 5 heteroatoms. The quantitative estimate of drug-likeness (QED) is 0.817. The van der Waals surface area contributed by atoms with Crippen LogP contribution in [0, 0.1) is 5.92 Å². The van der Waals surface area contributed by atoms with E-state index in [-0.39, 0.29) is 0 Å². The summed E-state index contributed by atoms with van der Waals surface area (Å²) < 4.78 is 0. The van der Waals surface area contributed by atoms with E-state index >= 15 is 0 Å². The molecular weight excluding hydrogens is 230 g/mol. The van der Waals surface area contributed by atoms with Crippen molar-refractivity contribution in [3.63, 3.8) is 0 Å². The molecule has 2 aliphatic heterocycles. The van der Waals surface area contributed by atoms with Gasteiger partial charge in [0.05, 0.1) is 0 Å². The monoisotopic (exact) mass is 255 g/mol. The van der Waals surface area contributed by atoms with Gasteiger partial charge in [0, 0.05) is 25.7 Å². The molecule has 0 aromatic rings. The van der Waals surface area contributed by atoms with E-state index in [1.54, 1.807) is 4.90 Å². The minimum Gasteiger partial charge on any atom is -0.465 e. The van der Waals surface area contributed by atoms with Gasteiger partial charge in [-0.05, 0) is 52.4 Å². The number of piperidine rings is 1. The number of likely N-dealkylation sites (tertiary alicyclic amines) is 2. The third-order valence-corrected chi connectivity index (χ3v) is 4.41. The van der Waals surface area contributed by atoms with Crippen LogP contribution in [0.1, 0.15) is 19.3 Å². The highest BCUT2D eigenvalue weighted by Gasteiger charge is 2.29. The van der Waals surface area contributed by atoms with Gasteiger partial charge in [-0.2, -0.15) is 0 Å². The summed E-state index contributed by atoms with van der Waals surface area (Å²) in [5.74, 6) is 0.519. The first-order chi connectivity index (χ1) is 8.56. The molecule has 1 atom stereocenters. The lowest BCUT2D eigenvalue weighted by Gasteiger charge is -2.36. The van der Waals surface area contributed by atoms with Crippen LogP contribution in [0.3, 0.4) is 0 Å². The Morgan fingerprint density at radius 3 is 2.50 bits per heavy atom. The van der Waals surface area contributed by atoms with Gasteiger partial charge in [0.1, 0.15) is 0 Å². The predicted octanol–water partition coefficient (Wildman–Crippen LogP) is 1.01. The van der Waals surface area contributed by atoms with Gasteiger partial charge in [0.25, 0.3) is 0 Å². The molecule has 0 bridgehead atoms. The zero-order chi connectivity index (χ0) is 13.1. The second kappa shape index (κ2) is 5.89. The summed E-state index contributed by atoms with van der Waals surface area (Å²) in [4.78, 5) is 17.3. The second-order valence-corrected chi connectivity index (χ2v) is 5.86. The highest BCUT2D eigenvalue weighted by Crippen LogP contribution is 2.20. The van der Waals surface area contributed by atoms with Gasteiger partial charge in [0.2, 0.25) is 0 Å². The van der Waals surface area contributed by atoms with Gasteiger partial charge < -0.3 is 19.8 Å². The Hall–Kier alpha value is -0.810. The third kappa shape index (κ3) is 3.36. The molecular formula is C13H25N3O2. The average Bonchev–Trinajstić information content (AvgIpc) is 2.78. The van der Waals surface area contributed by atoms with Crippen molar-refractivity contribution in [2.75, 3.05) is 46.8 Å². The Balaban J connectivity index is 1.74. The van der Waals surface area contributed by atoms with Crippen LogP contribution in [-0.2, 0) is 0 Å². The van der Waals surface area contributed by atoms with Crippen molar-refractivity contribution in [3.8, 4) is 0 Å². The van der Waals surface area contributed by atoms with Crippen LogP contribution in [0.4, 0.5) is 4.79 Å². The number of rotatable bonds is 3. The lowest BCUT2D eigenvalue weighted by molar-refractivity contribution is 0.126. The maximum Gasteiger partial charge on any atom is 0.407 e. The molecule has 5 nitrogen and oxygen atoms in total. The summed E-state index contributed by atoms with van der Waals surface area (Å²) in [5, 5.41) is 8.95. The topological polar surface area (TPSA) is 47.0 Å². The minimum absolute atomic E-state index is 0.519. The summed E-state index contributed by atoms with van der Waals surface area (Å²) in [5.41, 5.74) is 0. The minimum atomic E-state index is -0.764. The normalized spacial score (nSPS) is 27.1. The number of carboxylic acid groups (broad SMARTS) is 1. The SMILES string of the molecule is CN1CCC(N(C)C[C@H]2CCN(C(=O)O)C2)CC1. The number of hydrogen-bond acceptors (Lipinski definition) is 3. The molecule has 2 saturated heterocycles. The molecule has 0 radical (unpaired) electrons. The fraction of sp³-hybridized carbons (Fsp3) is 0.923. The molecule has 1 N–H and O–H groups in total.